The summed E-state index contributed by atoms with van der Waals surface area (Å²) in [5.41, 5.74) is 8.54. The van der Waals surface area contributed by atoms with Crippen molar-refractivity contribution < 1.29 is 9.47 Å². The molecule has 1 aliphatic heterocycles. The van der Waals surface area contributed by atoms with Gasteiger partial charge in [0.15, 0.2) is 0 Å². The van der Waals surface area contributed by atoms with Crippen LogP contribution in [0.3, 0.4) is 0 Å². The molecule has 1 aliphatic rings. The highest BCUT2D eigenvalue weighted by Crippen LogP contribution is 2.30. The molecule has 2 rings (SSSR count). The number of fused-ring (bicyclic) bond motifs is 1. The minimum absolute atomic E-state index is 0.111. The molecule has 0 aliphatic carbocycles. The van der Waals surface area contributed by atoms with E-state index in [2.05, 4.69) is 12.1 Å². The summed E-state index contributed by atoms with van der Waals surface area (Å²) in [5.74, 6) is 0.950. The monoisotopic (exact) mass is 221 g/mol. The maximum Gasteiger partial charge on any atom is 0.124 e. The Kier molecular flexibility index (Phi) is 3.80. The summed E-state index contributed by atoms with van der Waals surface area (Å²) in [5, 5.41) is 0. The van der Waals surface area contributed by atoms with Crippen molar-refractivity contribution in [2.75, 3.05) is 20.3 Å². The van der Waals surface area contributed by atoms with Gasteiger partial charge in [-0.2, -0.15) is 0 Å². The molecule has 0 spiro atoms. The van der Waals surface area contributed by atoms with Crippen molar-refractivity contribution in [3.05, 3.63) is 29.3 Å². The summed E-state index contributed by atoms with van der Waals surface area (Å²) in [6.07, 6.45) is 2.96. The van der Waals surface area contributed by atoms with E-state index in [1.165, 1.54) is 5.56 Å². The van der Waals surface area contributed by atoms with Crippen LogP contribution >= 0.6 is 0 Å². The van der Waals surface area contributed by atoms with Gasteiger partial charge in [-0.3, -0.25) is 0 Å². The number of benzene rings is 1. The minimum atomic E-state index is 0.111. The highest BCUT2D eigenvalue weighted by molar-refractivity contribution is 5.40. The lowest BCUT2D eigenvalue weighted by atomic mass is 9.99. The maximum atomic E-state index is 6.13. The molecule has 3 nitrogen and oxygen atoms in total. The molecule has 0 saturated heterocycles. The summed E-state index contributed by atoms with van der Waals surface area (Å²) in [4.78, 5) is 0. The smallest absolute Gasteiger partial charge is 0.124 e. The fourth-order valence-corrected chi connectivity index (χ4v) is 2.04. The molecule has 0 fully saturated rings. The van der Waals surface area contributed by atoms with Gasteiger partial charge < -0.3 is 15.2 Å². The van der Waals surface area contributed by atoms with Crippen LogP contribution in [0.4, 0.5) is 0 Å². The van der Waals surface area contributed by atoms with Crippen molar-refractivity contribution in [2.45, 2.75) is 25.3 Å². The van der Waals surface area contributed by atoms with E-state index in [9.17, 15) is 0 Å². The fourth-order valence-electron chi connectivity index (χ4n) is 2.04. The number of rotatable bonds is 3. The first-order valence-corrected chi connectivity index (χ1v) is 5.81. The highest BCUT2D eigenvalue weighted by Gasteiger charge is 2.16. The van der Waals surface area contributed by atoms with Gasteiger partial charge in [0, 0.05) is 18.7 Å². The molecule has 0 saturated carbocycles. The molecule has 2 N–H and O–H groups in total. The van der Waals surface area contributed by atoms with Gasteiger partial charge in [0.05, 0.1) is 13.2 Å². The van der Waals surface area contributed by atoms with Crippen LogP contribution in [-0.2, 0) is 11.2 Å². The van der Waals surface area contributed by atoms with E-state index in [0.29, 0.717) is 0 Å². The predicted molar refractivity (Wildman–Crippen MR) is 63.7 cm³/mol. The molecular weight excluding hydrogens is 202 g/mol. The van der Waals surface area contributed by atoms with E-state index < -0.39 is 0 Å². The molecule has 0 amide bonds. The summed E-state index contributed by atoms with van der Waals surface area (Å²) in [7, 11) is 1.72. The van der Waals surface area contributed by atoms with Gasteiger partial charge in [-0.15, -0.1) is 0 Å². The lowest BCUT2D eigenvalue weighted by Gasteiger charge is -2.13. The largest absolute Gasteiger partial charge is 0.493 e. The molecule has 3 heteroatoms. The van der Waals surface area contributed by atoms with Crippen molar-refractivity contribution in [3.8, 4) is 5.75 Å². The Labute approximate surface area is 96.5 Å². The van der Waals surface area contributed by atoms with Crippen LogP contribution in [-0.4, -0.2) is 20.3 Å². The Morgan fingerprint density at radius 1 is 1.50 bits per heavy atom. The lowest BCUT2D eigenvalue weighted by Crippen LogP contribution is -2.09. The zero-order chi connectivity index (χ0) is 11.4. The van der Waals surface area contributed by atoms with Crippen LogP contribution < -0.4 is 10.5 Å². The zero-order valence-electron chi connectivity index (χ0n) is 9.74. The Bertz CT molecular complexity index is 352. The van der Waals surface area contributed by atoms with E-state index >= 15 is 0 Å². The van der Waals surface area contributed by atoms with Crippen LogP contribution in [0, 0.1) is 0 Å². The van der Waals surface area contributed by atoms with E-state index in [4.69, 9.17) is 15.2 Å². The molecular formula is C13H19NO2. The van der Waals surface area contributed by atoms with Crippen molar-refractivity contribution >= 4 is 0 Å². The van der Waals surface area contributed by atoms with E-state index in [0.717, 1.165) is 43.8 Å². The van der Waals surface area contributed by atoms with Gasteiger partial charge in [-0.25, -0.2) is 0 Å². The number of methoxy groups -OCH3 is 1. The van der Waals surface area contributed by atoms with Gasteiger partial charge in [0.1, 0.15) is 5.75 Å². The molecule has 1 aromatic carbocycles. The summed E-state index contributed by atoms with van der Waals surface area (Å²) >= 11 is 0. The normalized spacial score (nSPS) is 19.8. The van der Waals surface area contributed by atoms with Crippen LogP contribution in [0.5, 0.6) is 5.75 Å². The van der Waals surface area contributed by atoms with Gasteiger partial charge in [0.25, 0.3) is 0 Å². The third kappa shape index (κ3) is 2.54. The van der Waals surface area contributed by atoms with E-state index in [1.54, 1.807) is 7.11 Å². The fraction of sp³-hybridized carbons (Fsp3) is 0.538. The first kappa shape index (κ1) is 11.4. The third-order valence-electron chi connectivity index (χ3n) is 2.99. The van der Waals surface area contributed by atoms with E-state index in [1.807, 2.05) is 6.07 Å². The third-order valence-corrected chi connectivity index (χ3v) is 2.99. The molecule has 0 unspecified atom stereocenters. The molecule has 88 valence electrons. The topological polar surface area (TPSA) is 44.5 Å². The number of nitrogens with two attached hydrogens (primary N) is 1. The first-order valence-electron chi connectivity index (χ1n) is 5.81. The molecule has 0 radical (unpaired) electrons. The SMILES string of the molecule is COCCc1ccc2c(c1)[C@H](N)CCCO2. The van der Waals surface area contributed by atoms with Crippen molar-refractivity contribution in [1.29, 1.82) is 0 Å². The van der Waals surface area contributed by atoms with Crippen molar-refractivity contribution in [1.82, 2.24) is 0 Å². The average molecular weight is 221 g/mol. The Hall–Kier alpha value is -1.06. The van der Waals surface area contributed by atoms with Gasteiger partial charge in [0.2, 0.25) is 0 Å². The zero-order valence-corrected chi connectivity index (χ0v) is 9.74. The van der Waals surface area contributed by atoms with Crippen LogP contribution in [0.25, 0.3) is 0 Å². The Morgan fingerprint density at radius 2 is 2.38 bits per heavy atom. The van der Waals surface area contributed by atoms with Crippen molar-refractivity contribution in [2.24, 2.45) is 5.73 Å². The lowest BCUT2D eigenvalue weighted by molar-refractivity contribution is 0.202. The second-order valence-electron chi connectivity index (χ2n) is 4.21. The Morgan fingerprint density at radius 3 is 3.19 bits per heavy atom. The first-order chi connectivity index (χ1) is 7.81. The standard InChI is InChI=1S/C13H19NO2/c1-15-8-6-10-4-5-13-11(9-10)12(14)3-2-7-16-13/h4-5,9,12H,2-3,6-8,14H2,1H3/t12-/m1/s1. The summed E-state index contributed by atoms with van der Waals surface area (Å²) in [6, 6.07) is 6.39. The second-order valence-corrected chi connectivity index (χ2v) is 4.21. The quantitative estimate of drug-likeness (QED) is 0.849. The van der Waals surface area contributed by atoms with Crippen LogP contribution in [0.15, 0.2) is 18.2 Å². The minimum Gasteiger partial charge on any atom is -0.493 e. The highest BCUT2D eigenvalue weighted by atomic mass is 16.5. The molecule has 16 heavy (non-hydrogen) atoms. The molecule has 1 atom stereocenters. The molecule has 1 heterocycles. The molecule has 1 aromatic rings. The van der Waals surface area contributed by atoms with Gasteiger partial charge >= 0.3 is 0 Å². The number of ether oxygens (including phenoxy) is 2. The second kappa shape index (κ2) is 5.32. The Balaban J connectivity index is 2.21. The van der Waals surface area contributed by atoms with Crippen LogP contribution in [0.1, 0.15) is 30.0 Å². The summed E-state index contributed by atoms with van der Waals surface area (Å²) < 4.78 is 10.7. The predicted octanol–water partition coefficient (Wildman–Crippen LogP) is 2.05. The van der Waals surface area contributed by atoms with Gasteiger partial charge in [-0.05, 0) is 30.9 Å². The number of hydrogen-bond acceptors (Lipinski definition) is 3. The summed E-state index contributed by atoms with van der Waals surface area (Å²) in [6.45, 7) is 1.52. The average Bonchev–Trinajstić information content (AvgIpc) is 2.49. The van der Waals surface area contributed by atoms with Crippen molar-refractivity contribution in [3.63, 3.8) is 0 Å². The number of hydrogen-bond donors (Lipinski definition) is 1. The van der Waals surface area contributed by atoms with Crippen LogP contribution in [0.2, 0.25) is 0 Å². The molecule has 0 aromatic heterocycles. The van der Waals surface area contributed by atoms with Gasteiger partial charge in [-0.1, -0.05) is 12.1 Å². The van der Waals surface area contributed by atoms with E-state index in [-0.39, 0.29) is 6.04 Å². The molecule has 0 bridgehead atoms. The maximum absolute atomic E-state index is 6.13.